The monoisotopic (exact) mass is 320 g/mol. The molecule has 0 unspecified atom stereocenters. The molecular weight excluding hydrogens is 300 g/mol. The zero-order chi connectivity index (χ0) is 16.7. The molecule has 4 heteroatoms. The van der Waals surface area contributed by atoms with Crippen molar-refractivity contribution < 1.29 is 9.53 Å². The van der Waals surface area contributed by atoms with E-state index in [1.165, 1.54) is 22.2 Å². The summed E-state index contributed by atoms with van der Waals surface area (Å²) in [4.78, 5) is 14.8. The first-order valence-electron chi connectivity index (χ1n) is 8.17. The van der Waals surface area contributed by atoms with Crippen LogP contribution in [0.1, 0.15) is 21.6 Å². The van der Waals surface area contributed by atoms with Crippen LogP contribution < -0.4 is 4.74 Å². The molecule has 1 aliphatic rings. The Morgan fingerprint density at radius 3 is 2.58 bits per heavy atom. The highest BCUT2D eigenvalue weighted by Crippen LogP contribution is 2.30. The van der Waals surface area contributed by atoms with Crippen molar-refractivity contribution in [1.82, 2.24) is 9.47 Å². The van der Waals surface area contributed by atoms with E-state index in [0.717, 1.165) is 18.7 Å². The third-order valence-electron chi connectivity index (χ3n) is 4.94. The predicted octanol–water partition coefficient (Wildman–Crippen LogP) is 3.39. The van der Waals surface area contributed by atoms with Gasteiger partial charge in [-0.1, -0.05) is 18.2 Å². The number of amides is 1. The highest BCUT2D eigenvalue weighted by molar-refractivity contribution is 5.95. The van der Waals surface area contributed by atoms with Crippen molar-refractivity contribution in [3.8, 4) is 5.75 Å². The minimum absolute atomic E-state index is 0.0798. The molecular formula is C20H20N2O2. The van der Waals surface area contributed by atoms with E-state index in [1.807, 2.05) is 29.2 Å². The summed E-state index contributed by atoms with van der Waals surface area (Å²) in [6.07, 6.45) is 0.891. The zero-order valence-electron chi connectivity index (χ0n) is 14.0. The fourth-order valence-electron chi connectivity index (χ4n) is 3.62. The number of hydrogen-bond donors (Lipinski definition) is 0. The molecule has 4 nitrogen and oxygen atoms in total. The van der Waals surface area contributed by atoms with Crippen molar-refractivity contribution in [2.45, 2.75) is 13.0 Å². The third-order valence-corrected chi connectivity index (χ3v) is 4.94. The lowest BCUT2D eigenvalue weighted by Crippen LogP contribution is -2.36. The number of nitrogens with zero attached hydrogens (tertiary/aromatic N) is 2. The molecule has 2 aromatic carbocycles. The molecule has 0 radical (unpaired) electrons. The highest BCUT2D eigenvalue weighted by atomic mass is 16.5. The van der Waals surface area contributed by atoms with Gasteiger partial charge in [0.25, 0.3) is 5.91 Å². The molecule has 1 amide bonds. The van der Waals surface area contributed by atoms with Gasteiger partial charge >= 0.3 is 0 Å². The van der Waals surface area contributed by atoms with Crippen LogP contribution in [0.5, 0.6) is 5.75 Å². The van der Waals surface area contributed by atoms with E-state index in [2.05, 4.69) is 35.9 Å². The Bertz CT molecular complexity index is 909. The third kappa shape index (κ3) is 2.26. The van der Waals surface area contributed by atoms with Crippen LogP contribution in [-0.4, -0.2) is 29.0 Å². The average molecular weight is 320 g/mol. The van der Waals surface area contributed by atoms with Gasteiger partial charge in [-0.25, -0.2) is 0 Å². The molecule has 0 aliphatic carbocycles. The van der Waals surface area contributed by atoms with Gasteiger partial charge in [0.1, 0.15) is 5.75 Å². The summed E-state index contributed by atoms with van der Waals surface area (Å²) < 4.78 is 7.43. The molecule has 0 fully saturated rings. The molecule has 0 bridgehead atoms. The smallest absolute Gasteiger partial charge is 0.254 e. The zero-order valence-corrected chi connectivity index (χ0v) is 14.0. The van der Waals surface area contributed by atoms with Gasteiger partial charge in [0.2, 0.25) is 0 Å². The van der Waals surface area contributed by atoms with Gasteiger partial charge in [0.05, 0.1) is 7.11 Å². The Morgan fingerprint density at radius 1 is 1.08 bits per heavy atom. The Hall–Kier alpha value is -2.75. The number of benzene rings is 2. The van der Waals surface area contributed by atoms with E-state index in [-0.39, 0.29) is 5.91 Å². The molecule has 0 saturated heterocycles. The Balaban J connectivity index is 1.66. The van der Waals surface area contributed by atoms with Crippen LogP contribution >= 0.6 is 0 Å². The van der Waals surface area contributed by atoms with Crippen molar-refractivity contribution >= 4 is 16.8 Å². The lowest BCUT2D eigenvalue weighted by Gasteiger charge is -2.28. The lowest BCUT2D eigenvalue weighted by atomic mass is 10.0. The number of carbonyl (C=O) groups is 1. The van der Waals surface area contributed by atoms with Gasteiger partial charge in [0.15, 0.2) is 0 Å². The molecule has 3 aromatic rings. The Kier molecular flexibility index (Phi) is 3.53. The maximum Gasteiger partial charge on any atom is 0.254 e. The van der Waals surface area contributed by atoms with Crippen molar-refractivity contribution in [2.75, 3.05) is 13.7 Å². The van der Waals surface area contributed by atoms with Crippen molar-refractivity contribution in [2.24, 2.45) is 7.05 Å². The van der Waals surface area contributed by atoms with E-state index in [9.17, 15) is 4.79 Å². The van der Waals surface area contributed by atoms with Crippen LogP contribution in [0.15, 0.2) is 48.5 Å². The summed E-state index contributed by atoms with van der Waals surface area (Å²) in [7, 11) is 3.74. The minimum atomic E-state index is 0.0798. The Labute approximate surface area is 141 Å². The van der Waals surface area contributed by atoms with Gasteiger partial charge in [-0.3, -0.25) is 4.79 Å². The molecule has 1 aliphatic heterocycles. The average Bonchev–Trinajstić information content (AvgIpc) is 2.94. The predicted molar refractivity (Wildman–Crippen MR) is 94.4 cm³/mol. The fraction of sp³-hybridized carbons (Fsp3) is 0.250. The minimum Gasteiger partial charge on any atom is -0.497 e. The number of para-hydroxylation sites is 1. The van der Waals surface area contributed by atoms with E-state index < -0.39 is 0 Å². The molecule has 1 aromatic heterocycles. The van der Waals surface area contributed by atoms with Crippen molar-refractivity contribution in [1.29, 1.82) is 0 Å². The molecule has 122 valence electrons. The van der Waals surface area contributed by atoms with Gasteiger partial charge in [-0.15, -0.1) is 0 Å². The summed E-state index contributed by atoms with van der Waals surface area (Å²) in [5.41, 5.74) is 4.57. The number of ether oxygens (including phenoxy) is 1. The number of carbonyl (C=O) groups excluding carboxylic acids is 1. The normalized spacial score (nSPS) is 13.8. The fourth-order valence-corrected chi connectivity index (χ4v) is 3.62. The van der Waals surface area contributed by atoms with E-state index >= 15 is 0 Å². The number of hydrogen-bond acceptors (Lipinski definition) is 2. The summed E-state index contributed by atoms with van der Waals surface area (Å²) in [6, 6.07) is 15.8. The summed E-state index contributed by atoms with van der Waals surface area (Å²) in [5, 5.41) is 1.25. The summed E-state index contributed by atoms with van der Waals surface area (Å²) in [5.74, 6) is 0.845. The van der Waals surface area contributed by atoms with Crippen LogP contribution in [0.2, 0.25) is 0 Å². The number of methoxy groups -OCH3 is 1. The van der Waals surface area contributed by atoms with Crippen LogP contribution in [0.3, 0.4) is 0 Å². The number of aromatic nitrogens is 1. The summed E-state index contributed by atoms with van der Waals surface area (Å²) >= 11 is 0. The van der Waals surface area contributed by atoms with Crippen molar-refractivity contribution in [3.05, 3.63) is 65.4 Å². The second-order valence-electron chi connectivity index (χ2n) is 6.21. The second kappa shape index (κ2) is 5.71. The first kappa shape index (κ1) is 14.8. The first-order valence-corrected chi connectivity index (χ1v) is 8.17. The van der Waals surface area contributed by atoms with Crippen LogP contribution in [0.25, 0.3) is 10.9 Å². The Morgan fingerprint density at radius 2 is 1.83 bits per heavy atom. The molecule has 0 spiro atoms. The quantitative estimate of drug-likeness (QED) is 0.725. The van der Waals surface area contributed by atoms with Crippen LogP contribution in [0.4, 0.5) is 0 Å². The largest absolute Gasteiger partial charge is 0.497 e. The second-order valence-corrected chi connectivity index (χ2v) is 6.21. The molecule has 0 N–H and O–H groups in total. The van der Waals surface area contributed by atoms with Crippen LogP contribution in [0, 0.1) is 0 Å². The number of aryl methyl sites for hydroxylation is 1. The maximum absolute atomic E-state index is 12.8. The van der Waals surface area contributed by atoms with Gasteiger partial charge in [-0.2, -0.15) is 0 Å². The van der Waals surface area contributed by atoms with E-state index in [0.29, 0.717) is 12.1 Å². The van der Waals surface area contributed by atoms with Crippen LogP contribution in [-0.2, 0) is 20.0 Å². The number of rotatable bonds is 2. The topological polar surface area (TPSA) is 34.5 Å². The molecule has 2 heterocycles. The SMILES string of the molecule is COc1ccc(C(=O)N2CCc3c(c4ccccc4n3C)C2)cc1. The lowest BCUT2D eigenvalue weighted by molar-refractivity contribution is 0.0734. The summed E-state index contributed by atoms with van der Waals surface area (Å²) in [6.45, 7) is 1.42. The maximum atomic E-state index is 12.8. The number of fused-ring (bicyclic) bond motifs is 3. The van der Waals surface area contributed by atoms with Gasteiger partial charge in [-0.05, 0) is 30.3 Å². The van der Waals surface area contributed by atoms with Gasteiger partial charge in [0, 0.05) is 54.3 Å². The molecule has 4 rings (SSSR count). The molecule has 0 atom stereocenters. The molecule has 0 saturated carbocycles. The molecule has 24 heavy (non-hydrogen) atoms. The van der Waals surface area contributed by atoms with E-state index in [4.69, 9.17) is 4.74 Å². The van der Waals surface area contributed by atoms with Gasteiger partial charge < -0.3 is 14.2 Å². The van der Waals surface area contributed by atoms with E-state index in [1.54, 1.807) is 7.11 Å². The standard InChI is InChI=1S/C20H20N2O2/c1-21-18-6-4-3-5-16(18)17-13-22(12-11-19(17)21)20(23)14-7-9-15(24-2)10-8-14/h3-10H,11-13H2,1-2H3. The first-order chi connectivity index (χ1) is 11.7. The van der Waals surface area contributed by atoms with Crippen molar-refractivity contribution in [3.63, 3.8) is 0 Å². The highest BCUT2D eigenvalue weighted by Gasteiger charge is 2.26.